The molecule has 15 heavy (non-hydrogen) atoms. The normalized spacial score (nSPS) is 25.2. The Balaban J connectivity index is 1.87. The number of benzene rings is 1. The zero-order chi connectivity index (χ0) is 10.8. The zero-order valence-corrected chi connectivity index (χ0v) is 9.31. The van der Waals surface area contributed by atoms with Crippen molar-refractivity contribution in [2.75, 3.05) is 6.54 Å². The van der Waals surface area contributed by atoms with Gasteiger partial charge in [0.2, 0.25) is 5.91 Å². The van der Waals surface area contributed by atoms with Crippen molar-refractivity contribution in [3.05, 3.63) is 35.9 Å². The molecule has 2 nitrogen and oxygen atoms in total. The summed E-state index contributed by atoms with van der Waals surface area (Å²) in [7, 11) is 0. The van der Waals surface area contributed by atoms with E-state index in [9.17, 15) is 4.79 Å². The second-order valence-corrected chi connectivity index (χ2v) is 4.30. The van der Waals surface area contributed by atoms with E-state index in [1.807, 2.05) is 30.0 Å². The molecule has 1 aromatic carbocycles. The van der Waals surface area contributed by atoms with Gasteiger partial charge in [0.25, 0.3) is 0 Å². The van der Waals surface area contributed by atoms with Gasteiger partial charge in [-0.15, -0.1) is 0 Å². The van der Waals surface area contributed by atoms with Crippen LogP contribution in [0.5, 0.6) is 0 Å². The van der Waals surface area contributed by atoms with E-state index in [4.69, 9.17) is 0 Å². The van der Waals surface area contributed by atoms with Crippen LogP contribution < -0.4 is 0 Å². The first-order chi connectivity index (χ1) is 7.20. The van der Waals surface area contributed by atoms with Crippen molar-refractivity contribution >= 4 is 5.91 Å². The smallest absolute Gasteiger partial charge is 0.227 e. The van der Waals surface area contributed by atoms with Crippen LogP contribution in [0.25, 0.3) is 0 Å². The minimum absolute atomic E-state index is 0.223. The Morgan fingerprint density at radius 1 is 1.20 bits per heavy atom. The van der Waals surface area contributed by atoms with E-state index in [-0.39, 0.29) is 5.92 Å². The van der Waals surface area contributed by atoms with E-state index >= 15 is 0 Å². The van der Waals surface area contributed by atoms with Crippen molar-refractivity contribution in [3.63, 3.8) is 0 Å². The van der Waals surface area contributed by atoms with E-state index in [2.05, 4.69) is 19.1 Å². The number of hydrogen-bond donors (Lipinski definition) is 0. The molecule has 1 saturated heterocycles. The van der Waals surface area contributed by atoms with Gasteiger partial charge in [0, 0.05) is 12.6 Å². The maximum absolute atomic E-state index is 11.5. The minimum atomic E-state index is 0.223. The van der Waals surface area contributed by atoms with Gasteiger partial charge in [0.1, 0.15) is 0 Å². The zero-order valence-electron chi connectivity index (χ0n) is 9.31. The Morgan fingerprint density at radius 3 is 2.47 bits per heavy atom. The molecule has 0 bridgehead atoms. The van der Waals surface area contributed by atoms with Crippen LogP contribution in [0.15, 0.2) is 30.3 Å². The molecule has 2 rings (SSSR count). The highest BCUT2D eigenvalue weighted by atomic mass is 16.2. The van der Waals surface area contributed by atoms with Crippen LogP contribution in [-0.4, -0.2) is 23.4 Å². The number of carbonyl (C=O) groups excluding carboxylic acids is 1. The first-order valence-electron chi connectivity index (χ1n) is 5.54. The lowest BCUT2D eigenvalue weighted by molar-refractivity contribution is -0.153. The molecular formula is C13H17NO. The van der Waals surface area contributed by atoms with Crippen LogP contribution in [0.2, 0.25) is 0 Å². The van der Waals surface area contributed by atoms with Gasteiger partial charge >= 0.3 is 0 Å². The summed E-state index contributed by atoms with van der Waals surface area (Å²) in [4.78, 5) is 13.5. The van der Waals surface area contributed by atoms with Gasteiger partial charge in [-0.25, -0.2) is 0 Å². The number of hydrogen-bond acceptors (Lipinski definition) is 1. The first kappa shape index (κ1) is 10.2. The number of β-lactam (4-membered cyclic amide) rings is 1. The van der Waals surface area contributed by atoms with Gasteiger partial charge in [0.05, 0.1) is 5.92 Å². The third-order valence-electron chi connectivity index (χ3n) is 3.37. The van der Waals surface area contributed by atoms with Crippen molar-refractivity contribution < 1.29 is 4.79 Å². The number of amides is 1. The van der Waals surface area contributed by atoms with Gasteiger partial charge in [-0.2, -0.15) is 0 Å². The second kappa shape index (κ2) is 4.05. The lowest BCUT2D eigenvalue weighted by atomic mass is 9.90. The van der Waals surface area contributed by atoms with Crippen LogP contribution in [0, 0.1) is 5.92 Å². The molecular weight excluding hydrogens is 186 g/mol. The maximum atomic E-state index is 11.5. The number of carbonyl (C=O) groups is 1. The molecule has 1 amide bonds. The Kier molecular flexibility index (Phi) is 2.76. The molecule has 0 unspecified atom stereocenters. The summed E-state index contributed by atoms with van der Waals surface area (Å²) in [5.74, 6) is 0.527. The summed E-state index contributed by atoms with van der Waals surface area (Å²) in [6, 6.07) is 10.7. The molecule has 0 saturated carbocycles. The quantitative estimate of drug-likeness (QED) is 0.689. The predicted octanol–water partition coefficient (Wildman–Crippen LogP) is 2.10. The summed E-state index contributed by atoms with van der Waals surface area (Å²) >= 11 is 0. The third-order valence-corrected chi connectivity index (χ3v) is 3.37. The lowest BCUT2D eigenvalue weighted by Crippen LogP contribution is -2.58. The molecule has 2 heteroatoms. The number of nitrogens with zero attached hydrogens (tertiary/aromatic N) is 1. The van der Waals surface area contributed by atoms with Crippen LogP contribution in [-0.2, 0) is 11.2 Å². The van der Waals surface area contributed by atoms with Gasteiger partial charge in [-0.1, -0.05) is 37.3 Å². The highest BCUT2D eigenvalue weighted by Gasteiger charge is 2.39. The third kappa shape index (κ3) is 1.89. The Labute approximate surface area is 90.9 Å². The van der Waals surface area contributed by atoms with Crippen molar-refractivity contribution in [1.82, 2.24) is 4.90 Å². The molecule has 0 radical (unpaired) electrons. The maximum Gasteiger partial charge on any atom is 0.227 e. The average Bonchev–Trinajstić information content (AvgIpc) is 2.30. The Hall–Kier alpha value is -1.31. The SMILES string of the molecule is C[C@@H]1C(=O)N(CCc2ccccc2)[C@@H]1C. The number of likely N-dealkylation sites (tertiary alicyclic amines) is 1. The molecule has 80 valence electrons. The summed E-state index contributed by atoms with van der Waals surface area (Å²) in [5, 5.41) is 0. The highest BCUT2D eigenvalue weighted by Crippen LogP contribution is 2.25. The van der Waals surface area contributed by atoms with Gasteiger partial charge in [0.15, 0.2) is 0 Å². The molecule has 1 heterocycles. The van der Waals surface area contributed by atoms with Crippen LogP contribution >= 0.6 is 0 Å². The molecule has 1 aromatic rings. The average molecular weight is 203 g/mol. The molecule has 2 atom stereocenters. The fraction of sp³-hybridized carbons (Fsp3) is 0.462. The highest BCUT2D eigenvalue weighted by molar-refractivity contribution is 5.85. The van der Waals surface area contributed by atoms with Crippen molar-refractivity contribution in [2.45, 2.75) is 26.3 Å². The Morgan fingerprint density at radius 2 is 1.87 bits per heavy atom. The van der Waals surface area contributed by atoms with Crippen LogP contribution in [0.3, 0.4) is 0 Å². The van der Waals surface area contributed by atoms with E-state index in [0.29, 0.717) is 11.9 Å². The molecule has 0 spiro atoms. The molecule has 0 aromatic heterocycles. The van der Waals surface area contributed by atoms with E-state index in [0.717, 1.165) is 13.0 Å². The lowest BCUT2D eigenvalue weighted by Gasteiger charge is -2.44. The summed E-state index contributed by atoms with van der Waals surface area (Å²) in [6.45, 7) is 4.98. The van der Waals surface area contributed by atoms with Gasteiger partial charge in [-0.05, 0) is 18.9 Å². The molecule has 1 fully saturated rings. The fourth-order valence-corrected chi connectivity index (χ4v) is 2.06. The molecule has 1 aliphatic heterocycles. The van der Waals surface area contributed by atoms with Gasteiger partial charge < -0.3 is 4.90 Å². The summed E-state index contributed by atoms with van der Waals surface area (Å²) < 4.78 is 0. The van der Waals surface area contributed by atoms with Crippen LogP contribution in [0.4, 0.5) is 0 Å². The predicted molar refractivity (Wildman–Crippen MR) is 60.5 cm³/mol. The van der Waals surface area contributed by atoms with E-state index < -0.39 is 0 Å². The topological polar surface area (TPSA) is 20.3 Å². The van der Waals surface area contributed by atoms with Crippen molar-refractivity contribution in [3.8, 4) is 0 Å². The number of rotatable bonds is 3. The summed E-state index contributed by atoms with van der Waals surface area (Å²) in [6.07, 6.45) is 0.962. The van der Waals surface area contributed by atoms with Crippen molar-refractivity contribution in [1.29, 1.82) is 0 Å². The van der Waals surface area contributed by atoms with Crippen molar-refractivity contribution in [2.24, 2.45) is 5.92 Å². The second-order valence-electron chi connectivity index (χ2n) is 4.30. The molecule has 0 N–H and O–H groups in total. The summed E-state index contributed by atoms with van der Waals surface area (Å²) in [5.41, 5.74) is 1.30. The monoisotopic (exact) mass is 203 g/mol. The Bertz CT molecular complexity index is 347. The van der Waals surface area contributed by atoms with E-state index in [1.165, 1.54) is 5.56 Å². The van der Waals surface area contributed by atoms with E-state index in [1.54, 1.807) is 0 Å². The first-order valence-corrected chi connectivity index (χ1v) is 5.54. The minimum Gasteiger partial charge on any atom is -0.339 e. The fourth-order valence-electron chi connectivity index (χ4n) is 2.06. The van der Waals surface area contributed by atoms with Crippen LogP contribution in [0.1, 0.15) is 19.4 Å². The molecule has 1 aliphatic rings. The largest absolute Gasteiger partial charge is 0.339 e. The standard InChI is InChI=1S/C13H17NO/c1-10-11(2)14(13(10)15)9-8-12-6-4-3-5-7-12/h3-7,10-11H,8-9H2,1-2H3/t10-,11+/m0/s1. The van der Waals surface area contributed by atoms with Gasteiger partial charge in [-0.3, -0.25) is 4.79 Å². The molecule has 0 aliphatic carbocycles.